The zero-order valence-corrected chi connectivity index (χ0v) is 32.9. The van der Waals surface area contributed by atoms with Crippen molar-refractivity contribution in [3.8, 4) is 0 Å². The summed E-state index contributed by atoms with van der Waals surface area (Å²) >= 11 is 0. The van der Waals surface area contributed by atoms with Gasteiger partial charge in [0.25, 0.3) is 0 Å². The monoisotopic (exact) mass is 792 g/mol. The van der Waals surface area contributed by atoms with Crippen LogP contribution in [0.15, 0.2) is 48.6 Å². The Labute approximate surface area is 327 Å². The van der Waals surface area contributed by atoms with Crippen LogP contribution in [-0.4, -0.2) is 123 Å². The largest absolute Gasteiger partial charge is 0.458 e. The topological polar surface area (TPSA) is 222 Å². The molecule has 18 nitrogen and oxygen atoms in total. The summed E-state index contributed by atoms with van der Waals surface area (Å²) in [7, 11) is 0. The molecular formula is C38H56N4O14. The number of esters is 4. The van der Waals surface area contributed by atoms with E-state index in [1.54, 1.807) is 0 Å². The molecule has 0 aromatic heterocycles. The van der Waals surface area contributed by atoms with Crippen molar-refractivity contribution in [3.05, 3.63) is 48.6 Å². The Balaban J connectivity index is 2.24. The molecule has 6 amide bonds. The third-order valence-corrected chi connectivity index (χ3v) is 7.62. The van der Waals surface area contributed by atoms with E-state index in [9.17, 15) is 38.4 Å². The van der Waals surface area contributed by atoms with Crippen LogP contribution >= 0.6 is 0 Å². The molecule has 1 fully saturated rings. The standard InChI is InChI=1S/C38H56N4O14/c1-25(2)31(43)51-21-29(22-52-32(44)26(3)4)55-35(47)39-17-13-9-11-15-19-41-37(49)42(38(41)50)20-16-12-10-14-18-40-36(48)56-30(23-53-33(45)27(5)6)24-54-34(46)28(7)8/h29-30H,1,3,5,7,9-24H2,2,4,6,8H3,(H,39,47)(H,40,48). The molecular weight excluding hydrogens is 736 g/mol. The highest BCUT2D eigenvalue weighted by Gasteiger charge is 2.42. The second-order valence-corrected chi connectivity index (χ2v) is 13.1. The van der Waals surface area contributed by atoms with E-state index in [1.807, 2.05) is 0 Å². The van der Waals surface area contributed by atoms with Gasteiger partial charge in [-0.1, -0.05) is 52.0 Å². The van der Waals surface area contributed by atoms with E-state index in [-0.39, 0.29) is 87.0 Å². The number of unbranched alkanes of at least 4 members (excludes halogenated alkanes) is 6. The second-order valence-electron chi connectivity index (χ2n) is 13.1. The molecule has 0 saturated carbocycles. The number of nitrogens with one attached hydrogen (secondary N) is 2. The fourth-order valence-electron chi connectivity index (χ4n) is 4.46. The highest BCUT2D eigenvalue weighted by Crippen LogP contribution is 2.19. The van der Waals surface area contributed by atoms with Crippen molar-refractivity contribution in [1.29, 1.82) is 0 Å². The third-order valence-electron chi connectivity index (χ3n) is 7.62. The van der Waals surface area contributed by atoms with Gasteiger partial charge in [0.15, 0.2) is 12.2 Å². The number of amides is 6. The van der Waals surface area contributed by atoms with E-state index in [1.165, 1.54) is 37.5 Å². The van der Waals surface area contributed by atoms with Crippen molar-refractivity contribution in [3.63, 3.8) is 0 Å². The molecule has 2 N–H and O–H groups in total. The smallest absolute Gasteiger partial charge is 0.407 e. The van der Waals surface area contributed by atoms with Gasteiger partial charge in [-0.3, -0.25) is 0 Å². The summed E-state index contributed by atoms with van der Waals surface area (Å²) in [5.74, 6) is -2.73. The van der Waals surface area contributed by atoms with Gasteiger partial charge < -0.3 is 39.1 Å². The molecule has 0 bridgehead atoms. The van der Waals surface area contributed by atoms with Gasteiger partial charge in [0.2, 0.25) is 0 Å². The van der Waals surface area contributed by atoms with Gasteiger partial charge in [0, 0.05) is 48.5 Å². The molecule has 0 atom stereocenters. The zero-order valence-electron chi connectivity index (χ0n) is 32.9. The van der Waals surface area contributed by atoms with Crippen molar-refractivity contribution in [2.75, 3.05) is 52.6 Å². The molecule has 56 heavy (non-hydrogen) atoms. The molecule has 1 saturated heterocycles. The fourth-order valence-corrected chi connectivity index (χ4v) is 4.46. The van der Waals surface area contributed by atoms with Crippen LogP contribution in [0.1, 0.15) is 79.1 Å². The average molecular weight is 793 g/mol. The number of rotatable bonds is 28. The number of carbonyl (C=O) groups is 8. The van der Waals surface area contributed by atoms with Gasteiger partial charge in [-0.15, -0.1) is 0 Å². The second kappa shape index (κ2) is 26.2. The van der Waals surface area contributed by atoms with E-state index < -0.39 is 48.3 Å². The minimum atomic E-state index is -1.05. The number of hydrogen-bond donors (Lipinski definition) is 2. The number of carbonyl (C=O) groups excluding carboxylic acids is 8. The van der Waals surface area contributed by atoms with Gasteiger partial charge >= 0.3 is 48.1 Å². The van der Waals surface area contributed by atoms with E-state index in [2.05, 4.69) is 36.9 Å². The minimum absolute atomic E-state index is 0.156. The number of imide groups is 2. The predicted molar refractivity (Wildman–Crippen MR) is 201 cm³/mol. The maximum Gasteiger partial charge on any atom is 0.407 e. The zero-order chi connectivity index (χ0) is 42.2. The van der Waals surface area contributed by atoms with Crippen molar-refractivity contribution in [2.24, 2.45) is 0 Å². The third kappa shape index (κ3) is 19.6. The lowest BCUT2D eigenvalue weighted by atomic mass is 10.1. The first-order valence-corrected chi connectivity index (χ1v) is 18.3. The molecule has 1 aliphatic heterocycles. The summed E-state index contributed by atoms with van der Waals surface area (Å²) in [5, 5.41) is 5.17. The van der Waals surface area contributed by atoms with E-state index in [4.69, 9.17) is 28.4 Å². The molecule has 18 heteroatoms. The summed E-state index contributed by atoms with van der Waals surface area (Å²) in [6.45, 7) is 19.5. The quantitative estimate of drug-likeness (QED) is 0.0477. The van der Waals surface area contributed by atoms with Gasteiger partial charge in [-0.25, -0.2) is 48.2 Å². The van der Waals surface area contributed by atoms with Gasteiger partial charge in [0.1, 0.15) is 26.4 Å². The Kier molecular flexibility index (Phi) is 22.6. The molecule has 0 aromatic carbocycles. The number of alkyl carbamates (subject to hydrolysis) is 2. The predicted octanol–water partition coefficient (Wildman–Crippen LogP) is 4.63. The number of nitrogens with zero attached hydrogens (tertiary/aromatic N) is 2. The molecule has 312 valence electrons. The SMILES string of the molecule is C=C(C)C(=O)OCC(COC(=O)C(=C)C)OC(=O)NCCCCCCN1C(=O)N(CCCCCCNC(=O)OC(COC(=O)C(=C)C)COC(=O)C(=C)C)C1=O. The first kappa shape index (κ1) is 48.3. The number of ether oxygens (including phenoxy) is 6. The van der Waals surface area contributed by atoms with Gasteiger partial charge in [-0.05, 0) is 53.4 Å². The molecule has 0 unspecified atom stereocenters. The molecule has 1 aliphatic rings. The summed E-state index contributed by atoms with van der Waals surface area (Å²) in [6, 6.07) is -0.697. The maximum absolute atomic E-state index is 12.5. The fraction of sp³-hybridized carbons (Fsp3) is 0.579. The summed E-state index contributed by atoms with van der Waals surface area (Å²) in [5.41, 5.74) is 0.624. The van der Waals surface area contributed by atoms with Gasteiger partial charge in [-0.2, -0.15) is 0 Å². The molecule has 0 aromatic rings. The average Bonchev–Trinajstić information content (AvgIpc) is 3.14. The highest BCUT2D eigenvalue weighted by atomic mass is 16.6. The highest BCUT2D eigenvalue weighted by molar-refractivity contribution is 6.11. The lowest BCUT2D eigenvalue weighted by Gasteiger charge is -2.39. The van der Waals surface area contributed by atoms with Crippen LogP contribution in [0.25, 0.3) is 0 Å². The van der Waals surface area contributed by atoms with Crippen LogP contribution in [0.4, 0.5) is 19.2 Å². The van der Waals surface area contributed by atoms with E-state index in [0.29, 0.717) is 51.4 Å². The van der Waals surface area contributed by atoms with Crippen LogP contribution in [0.5, 0.6) is 0 Å². The molecule has 0 aliphatic carbocycles. The summed E-state index contributed by atoms with van der Waals surface area (Å²) in [4.78, 5) is 98.7. The van der Waals surface area contributed by atoms with E-state index in [0.717, 1.165) is 0 Å². The van der Waals surface area contributed by atoms with Crippen LogP contribution in [0.3, 0.4) is 0 Å². The van der Waals surface area contributed by atoms with Crippen molar-refractivity contribution in [1.82, 2.24) is 20.4 Å². The first-order chi connectivity index (χ1) is 26.4. The van der Waals surface area contributed by atoms with Crippen LogP contribution in [-0.2, 0) is 47.6 Å². The van der Waals surface area contributed by atoms with Crippen LogP contribution < -0.4 is 10.6 Å². The summed E-state index contributed by atoms with van der Waals surface area (Å²) in [6.07, 6.45) is 1.55. The van der Waals surface area contributed by atoms with Crippen LogP contribution in [0, 0.1) is 0 Å². The Morgan fingerprint density at radius 3 is 1.02 bits per heavy atom. The normalized spacial score (nSPS) is 12.0. The Hall–Kier alpha value is -5.68. The Morgan fingerprint density at radius 1 is 0.482 bits per heavy atom. The lowest BCUT2D eigenvalue weighted by Crippen LogP contribution is -2.64. The Bertz CT molecular complexity index is 1300. The van der Waals surface area contributed by atoms with Crippen LogP contribution in [0.2, 0.25) is 0 Å². The maximum atomic E-state index is 12.5. The molecule has 0 radical (unpaired) electrons. The lowest BCUT2D eigenvalue weighted by molar-refractivity contribution is -0.149. The Morgan fingerprint density at radius 2 is 0.750 bits per heavy atom. The number of hydrogen-bond acceptors (Lipinski definition) is 14. The van der Waals surface area contributed by atoms with Crippen molar-refractivity contribution >= 4 is 48.1 Å². The number of urea groups is 2. The summed E-state index contributed by atoms with van der Waals surface area (Å²) < 4.78 is 30.5. The van der Waals surface area contributed by atoms with Crippen molar-refractivity contribution in [2.45, 2.75) is 91.3 Å². The van der Waals surface area contributed by atoms with Crippen molar-refractivity contribution < 1.29 is 66.8 Å². The molecule has 1 heterocycles. The van der Waals surface area contributed by atoms with E-state index >= 15 is 0 Å². The first-order valence-electron chi connectivity index (χ1n) is 18.3. The van der Waals surface area contributed by atoms with Gasteiger partial charge in [0.05, 0.1) is 0 Å². The molecule has 1 rings (SSSR count). The minimum Gasteiger partial charge on any atom is -0.458 e. The molecule has 0 spiro atoms.